The second-order valence-corrected chi connectivity index (χ2v) is 5.16. The Balaban J connectivity index is 2.35. The van der Waals surface area contributed by atoms with E-state index >= 15 is 0 Å². The Morgan fingerprint density at radius 2 is 1.89 bits per heavy atom. The molecular weight excluding hydrogens is 270 g/mol. The van der Waals surface area contributed by atoms with E-state index < -0.39 is 5.97 Å². The second-order valence-electron chi connectivity index (χ2n) is 3.71. The number of halogens is 1. The fourth-order valence-electron chi connectivity index (χ4n) is 1.38. The molecule has 0 fully saturated rings. The van der Waals surface area contributed by atoms with Gasteiger partial charge in [0.05, 0.1) is 5.56 Å². The van der Waals surface area contributed by atoms with Crippen LogP contribution in [0.4, 0.5) is 0 Å². The maximum atomic E-state index is 11.1. The topological polar surface area (TPSA) is 50.2 Å². The van der Waals surface area contributed by atoms with Crippen molar-refractivity contribution in [3.63, 3.8) is 0 Å². The maximum Gasteiger partial charge on any atom is 0.338 e. The minimum atomic E-state index is -1.01. The molecule has 0 amide bonds. The predicted octanol–water partition coefficient (Wildman–Crippen LogP) is 3.89. The summed E-state index contributed by atoms with van der Waals surface area (Å²) >= 11 is 7.08. The Kier molecular flexibility index (Phi) is 3.89. The summed E-state index contributed by atoms with van der Waals surface area (Å²) in [5.74, 6) is -1.01. The molecule has 0 spiro atoms. The molecule has 0 unspecified atom stereocenters. The molecule has 18 heavy (non-hydrogen) atoms. The highest BCUT2D eigenvalue weighted by atomic mass is 35.5. The smallest absolute Gasteiger partial charge is 0.338 e. The van der Waals surface area contributed by atoms with Gasteiger partial charge in [-0.3, -0.25) is 0 Å². The van der Waals surface area contributed by atoms with E-state index in [4.69, 9.17) is 16.7 Å². The highest BCUT2D eigenvalue weighted by molar-refractivity contribution is 7.99. The molecule has 3 nitrogen and oxygen atoms in total. The number of carboxylic acid groups (broad SMARTS) is 1. The number of aromatic nitrogens is 1. The zero-order valence-electron chi connectivity index (χ0n) is 9.55. The van der Waals surface area contributed by atoms with Crippen molar-refractivity contribution in [3.8, 4) is 0 Å². The van der Waals surface area contributed by atoms with Crippen molar-refractivity contribution >= 4 is 29.3 Å². The molecule has 0 saturated carbocycles. The van der Waals surface area contributed by atoms with E-state index in [2.05, 4.69) is 4.98 Å². The Morgan fingerprint density at radius 1 is 1.22 bits per heavy atom. The molecule has 0 saturated heterocycles. The molecule has 0 aliphatic carbocycles. The van der Waals surface area contributed by atoms with Crippen LogP contribution in [0.3, 0.4) is 0 Å². The van der Waals surface area contributed by atoms with Gasteiger partial charge in [0.15, 0.2) is 0 Å². The van der Waals surface area contributed by atoms with Gasteiger partial charge in [-0.25, -0.2) is 9.78 Å². The van der Waals surface area contributed by atoms with Crippen LogP contribution in [0, 0.1) is 6.92 Å². The van der Waals surface area contributed by atoms with E-state index in [-0.39, 0.29) is 10.7 Å². The van der Waals surface area contributed by atoms with Crippen molar-refractivity contribution in [1.82, 2.24) is 4.98 Å². The molecule has 1 aromatic heterocycles. The first-order chi connectivity index (χ1) is 8.56. The van der Waals surface area contributed by atoms with E-state index in [9.17, 15) is 4.79 Å². The maximum absolute atomic E-state index is 11.1. The number of hydrogen-bond donors (Lipinski definition) is 1. The fraction of sp³-hybridized carbons (Fsp3) is 0.0769. The summed E-state index contributed by atoms with van der Waals surface area (Å²) in [6.07, 6.45) is 0. The molecule has 0 radical (unpaired) electrons. The molecule has 1 heterocycles. The number of aryl methyl sites for hydroxylation is 1. The number of carbonyl (C=O) groups is 1. The van der Waals surface area contributed by atoms with Crippen molar-refractivity contribution in [2.45, 2.75) is 16.8 Å². The third-order valence-electron chi connectivity index (χ3n) is 2.29. The van der Waals surface area contributed by atoms with Crippen LogP contribution in [0.5, 0.6) is 0 Å². The van der Waals surface area contributed by atoms with Crippen LogP contribution in [0.2, 0.25) is 5.15 Å². The van der Waals surface area contributed by atoms with Gasteiger partial charge in [-0.05, 0) is 31.2 Å². The van der Waals surface area contributed by atoms with Crippen molar-refractivity contribution in [1.29, 1.82) is 0 Å². The lowest BCUT2D eigenvalue weighted by Crippen LogP contribution is -2.00. The molecule has 2 rings (SSSR count). The Labute approximate surface area is 114 Å². The number of pyridine rings is 1. The SMILES string of the molecule is Cc1ccc(Sc2nc(Cl)ccc2C(=O)O)cc1. The number of nitrogens with zero attached hydrogens (tertiary/aromatic N) is 1. The van der Waals surface area contributed by atoms with Gasteiger partial charge >= 0.3 is 5.97 Å². The van der Waals surface area contributed by atoms with Crippen molar-refractivity contribution < 1.29 is 9.90 Å². The number of aromatic carboxylic acids is 1. The Hall–Kier alpha value is -1.52. The largest absolute Gasteiger partial charge is 0.478 e. The molecule has 1 aromatic carbocycles. The Bertz CT molecular complexity index is 584. The molecule has 0 atom stereocenters. The average molecular weight is 280 g/mol. The summed E-state index contributed by atoms with van der Waals surface area (Å²) in [7, 11) is 0. The molecular formula is C13H10ClNO2S. The lowest BCUT2D eigenvalue weighted by Gasteiger charge is -2.05. The lowest BCUT2D eigenvalue weighted by molar-refractivity contribution is 0.0692. The Morgan fingerprint density at radius 3 is 2.50 bits per heavy atom. The van der Waals surface area contributed by atoms with Crippen molar-refractivity contribution in [3.05, 3.63) is 52.7 Å². The van der Waals surface area contributed by atoms with Crippen LogP contribution >= 0.6 is 23.4 Å². The first-order valence-electron chi connectivity index (χ1n) is 5.20. The molecule has 0 aliphatic rings. The molecule has 5 heteroatoms. The highest BCUT2D eigenvalue weighted by Crippen LogP contribution is 2.30. The number of hydrogen-bond acceptors (Lipinski definition) is 3. The third-order valence-corrected chi connectivity index (χ3v) is 3.52. The quantitative estimate of drug-likeness (QED) is 0.866. The van der Waals surface area contributed by atoms with Crippen molar-refractivity contribution in [2.24, 2.45) is 0 Å². The minimum Gasteiger partial charge on any atom is -0.478 e. The van der Waals surface area contributed by atoms with Crippen LogP contribution in [0.25, 0.3) is 0 Å². The average Bonchev–Trinajstić information content (AvgIpc) is 2.32. The normalized spacial score (nSPS) is 10.3. The zero-order valence-corrected chi connectivity index (χ0v) is 11.1. The lowest BCUT2D eigenvalue weighted by atomic mass is 10.2. The number of carboxylic acids is 1. The van der Waals surface area contributed by atoms with E-state index in [1.807, 2.05) is 31.2 Å². The molecule has 92 valence electrons. The van der Waals surface area contributed by atoms with Crippen molar-refractivity contribution in [2.75, 3.05) is 0 Å². The molecule has 0 bridgehead atoms. The summed E-state index contributed by atoms with van der Waals surface area (Å²) in [4.78, 5) is 16.1. The first-order valence-corrected chi connectivity index (χ1v) is 6.40. The number of rotatable bonds is 3. The van der Waals surface area contributed by atoms with Gasteiger partial charge in [0.25, 0.3) is 0 Å². The van der Waals surface area contributed by atoms with Crippen LogP contribution in [-0.2, 0) is 0 Å². The van der Waals surface area contributed by atoms with Gasteiger partial charge in [0.2, 0.25) is 0 Å². The van der Waals surface area contributed by atoms with Gasteiger partial charge in [-0.2, -0.15) is 0 Å². The predicted molar refractivity (Wildman–Crippen MR) is 71.5 cm³/mol. The van der Waals surface area contributed by atoms with E-state index in [0.29, 0.717) is 5.03 Å². The van der Waals surface area contributed by atoms with Gasteiger partial charge in [0, 0.05) is 4.90 Å². The molecule has 0 aliphatic heterocycles. The van der Waals surface area contributed by atoms with E-state index in [1.165, 1.54) is 23.9 Å². The third kappa shape index (κ3) is 3.03. The van der Waals surface area contributed by atoms with Gasteiger partial charge in [-0.15, -0.1) is 0 Å². The summed E-state index contributed by atoms with van der Waals surface area (Å²) in [5.41, 5.74) is 1.31. The van der Waals surface area contributed by atoms with E-state index in [0.717, 1.165) is 10.5 Å². The standard InChI is InChI=1S/C13H10ClNO2S/c1-8-2-4-9(5-3-8)18-12-10(13(16)17)6-7-11(14)15-12/h2-7H,1H3,(H,16,17). The number of benzene rings is 1. The van der Waals surface area contributed by atoms with Crippen LogP contribution < -0.4 is 0 Å². The van der Waals surface area contributed by atoms with Crippen LogP contribution in [-0.4, -0.2) is 16.1 Å². The first kappa shape index (κ1) is 12.9. The monoisotopic (exact) mass is 279 g/mol. The summed E-state index contributed by atoms with van der Waals surface area (Å²) in [6.45, 7) is 1.99. The van der Waals surface area contributed by atoms with Crippen LogP contribution in [0.1, 0.15) is 15.9 Å². The fourth-order valence-corrected chi connectivity index (χ4v) is 2.48. The molecule has 1 N–H and O–H groups in total. The van der Waals surface area contributed by atoms with Gasteiger partial charge in [-0.1, -0.05) is 41.1 Å². The van der Waals surface area contributed by atoms with E-state index in [1.54, 1.807) is 0 Å². The summed E-state index contributed by atoms with van der Waals surface area (Å²) in [5, 5.41) is 9.77. The highest BCUT2D eigenvalue weighted by Gasteiger charge is 2.13. The van der Waals surface area contributed by atoms with Crippen LogP contribution in [0.15, 0.2) is 46.3 Å². The molecule has 2 aromatic rings. The van der Waals surface area contributed by atoms with Gasteiger partial charge in [0.1, 0.15) is 10.2 Å². The second kappa shape index (κ2) is 5.42. The minimum absolute atomic E-state index is 0.157. The summed E-state index contributed by atoms with van der Waals surface area (Å²) in [6, 6.07) is 10.7. The van der Waals surface area contributed by atoms with Gasteiger partial charge < -0.3 is 5.11 Å². The zero-order chi connectivity index (χ0) is 13.1. The summed E-state index contributed by atoms with van der Waals surface area (Å²) < 4.78 is 0.